The van der Waals surface area contributed by atoms with Crippen LogP contribution in [-0.4, -0.2) is 34.4 Å². The van der Waals surface area contributed by atoms with E-state index in [9.17, 15) is 26.3 Å². The lowest BCUT2D eigenvalue weighted by molar-refractivity contribution is -0.338. The highest BCUT2D eigenvalue weighted by atomic mass is 127. The molecule has 0 aliphatic carbocycles. The minimum atomic E-state index is -5.50. The van der Waals surface area contributed by atoms with E-state index in [1.807, 2.05) is 0 Å². The van der Waals surface area contributed by atoms with Crippen molar-refractivity contribution in [3.8, 4) is 0 Å². The zero-order valence-electron chi connectivity index (χ0n) is 7.92. The van der Waals surface area contributed by atoms with Gasteiger partial charge in [-0.1, -0.05) is 22.6 Å². The quantitative estimate of drug-likeness (QED) is 0.405. The third kappa shape index (κ3) is 4.82. The average Bonchev–Trinajstić information content (AvgIpc) is 2.10. The van der Waals surface area contributed by atoms with Crippen LogP contribution in [0.5, 0.6) is 0 Å². The molecule has 0 rings (SSSR count). The van der Waals surface area contributed by atoms with Crippen molar-refractivity contribution in [2.24, 2.45) is 0 Å². The molecule has 0 aromatic heterocycles. The summed E-state index contributed by atoms with van der Waals surface area (Å²) in [5.41, 5.74) is -1.67. The van der Waals surface area contributed by atoms with E-state index in [1.54, 1.807) is 22.6 Å². The summed E-state index contributed by atoms with van der Waals surface area (Å²) in [6, 6.07) is 0. The van der Waals surface area contributed by atoms with Gasteiger partial charge in [0, 0.05) is 4.43 Å². The molecule has 0 N–H and O–H groups in total. The van der Waals surface area contributed by atoms with Crippen molar-refractivity contribution in [3.63, 3.8) is 0 Å². The van der Waals surface area contributed by atoms with Gasteiger partial charge in [0.1, 0.15) is 0 Å². The largest absolute Gasteiger partial charge is 0.423 e. The summed E-state index contributed by atoms with van der Waals surface area (Å²) in [7, 11) is 0. The molecule has 0 bridgehead atoms. The van der Waals surface area contributed by atoms with Gasteiger partial charge in [0.25, 0.3) is 0 Å². The Morgan fingerprint density at radius 2 is 1.50 bits per heavy atom. The molecular formula is C7H8ClF6IO. The van der Waals surface area contributed by atoms with Crippen molar-refractivity contribution >= 4 is 34.2 Å². The van der Waals surface area contributed by atoms with Gasteiger partial charge in [-0.15, -0.1) is 11.6 Å². The van der Waals surface area contributed by atoms with Gasteiger partial charge in [-0.05, 0) is 6.92 Å². The zero-order chi connectivity index (χ0) is 13.2. The standard InChI is InChI=1S/C7H8ClF6IO/c1-5(2-8,3-15)16-4(6(9,10)11)7(12,13)14/h4H,2-3H2,1H3. The third-order valence-corrected chi connectivity index (χ3v) is 3.74. The highest BCUT2D eigenvalue weighted by Crippen LogP contribution is 2.38. The van der Waals surface area contributed by atoms with Crippen LogP contribution in [0, 0.1) is 0 Å². The summed E-state index contributed by atoms with van der Waals surface area (Å²) >= 11 is 6.90. The Balaban J connectivity index is 4.97. The maximum Gasteiger partial charge on any atom is 0.423 e. The Bertz CT molecular complexity index is 210. The van der Waals surface area contributed by atoms with Crippen LogP contribution in [0.4, 0.5) is 26.3 Å². The number of rotatable bonds is 4. The number of hydrogen-bond acceptors (Lipinski definition) is 1. The van der Waals surface area contributed by atoms with Crippen LogP contribution < -0.4 is 0 Å². The Morgan fingerprint density at radius 3 is 1.69 bits per heavy atom. The van der Waals surface area contributed by atoms with Gasteiger partial charge in [0.05, 0.1) is 11.5 Å². The molecule has 0 aliphatic heterocycles. The van der Waals surface area contributed by atoms with Crippen molar-refractivity contribution in [1.82, 2.24) is 0 Å². The third-order valence-electron chi connectivity index (χ3n) is 1.56. The van der Waals surface area contributed by atoms with Crippen molar-refractivity contribution in [2.45, 2.75) is 31.0 Å². The van der Waals surface area contributed by atoms with Crippen molar-refractivity contribution < 1.29 is 31.1 Å². The van der Waals surface area contributed by atoms with Gasteiger partial charge in [-0.2, -0.15) is 26.3 Å². The first-order valence-electron chi connectivity index (χ1n) is 3.89. The summed E-state index contributed by atoms with van der Waals surface area (Å²) in [4.78, 5) is 0. The van der Waals surface area contributed by atoms with Crippen LogP contribution in [0.1, 0.15) is 6.92 Å². The normalized spacial score (nSPS) is 17.6. The van der Waals surface area contributed by atoms with Gasteiger partial charge in [0.15, 0.2) is 0 Å². The summed E-state index contributed by atoms with van der Waals surface area (Å²) in [5, 5.41) is 0. The molecule has 0 amide bonds. The van der Waals surface area contributed by atoms with Crippen molar-refractivity contribution in [1.29, 1.82) is 0 Å². The topological polar surface area (TPSA) is 9.23 Å². The Hall–Kier alpha value is 0.560. The summed E-state index contributed by atoms with van der Waals surface area (Å²) in [5.74, 6) is -0.460. The first kappa shape index (κ1) is 16.6. The van der Waals surface area contributed by atoms with Gasteiger partial charge >= 0.3 is 12.4 Å². The second-order valence-electron chi connectivity index (χ2n) is 3.30. The molecule has 0 aromatic rings. The number of alkyl halides is 8. The van der Waals surface area contributed by atoms with Gasteiger partial charge in [-0.25, -0.2) is 0 Å². The lowest BCUT2D eigenvalue weighted by Crippen LogP contribution is -2.51. The predicted octanol–water partition coefficient (Wildman–Crippen LogP) is 3.93. The summed E-state index contributed by atoms with van der Waals surface area (Å²) in [6.07, 6.45) is -14.8. The minimum Gasteiger partial charge on any atom is -0.352 e. The maximum absolute atomic E-state index is 12.1. The Morgan fingerprint density at radius 1 is 1.12 bits per heavy atom. The second kappa shape index (κ2) is 5.47. The van der Waals surface area contributed by atoms with Crippen molar-refractivity contribution in [3.05, 3.63) is 0 Å². The smallest absolute Gasteiger partial charge is 0.352 e. The lowest BCUT2D eigenvalue weighted by Gasteiger charge is -2.32. The molecular weight excluding hydrogens is 376 g/mol. The lowest BCUT2D eigenvalue weighted by atomic mass is 10.1. The van der Waals surface area contributed by atoms with E-state index in [4.69, 9.17) is 11.6 Å². The van der Waals surface area contributed by atoms with E-state index >= 15 is 0 Å². The highest BCUT2D eigenvalue weighted by Gasteiger charge is 2.59. The van der Waals surface area contributed by atoms with Crippen LogP contribution in [0.2, 0.25) is 0 Å². The van der Waals surface area contributed by atoms with Crippen LogP contribution in [-0.2, 0) is 4.74 Å². The van der Waals surface area contributed by atoms with Crippen LogP contribution in [0.25, 0.3) is 0 Å². The van der Waals surface area contributed by atoms with Gasteiger partial charge in [-0.3, -0.25) is 0 Å². The first-order valence-corrected chi connectivity index (χ1v) is 5.95. The molecule has 0 heterocycles. The zero-order valence-corrected chi connectivity index (χ0v) is 10.8. The van der Waals surface area contributed by atoms with Crippen LogP contribution >= 0.6 is 34.2 Å². The Kier molecular flexibility index (Phi) is 5.66. The molecule has 0 saturated heterocycles. The molecule has 0 fully saturated rings. The van der Waals surface area contributed by atoms with Gasteiger partial charge in [0.2, 0.25) is 6.10 Å². The van der Waals surface area contributed by atoms with Crippen LogP contribution in [0.15, 0.2) is 0 Å². The second-order valence-corrected chi connectivity index (χ2v) is 4.33. The average molecular weight is 384 g/mol. The monoisotopic (exact) mass is 384 g/mol. The van der Waals surface area contributed by atoms with E-state index in [0.717, 1.165) is 6.92 Å². The summed E-state index contributed by atoms with van der Waals surface area (Å²) in [6.45, 7) is 1.09. The number of hydrogen-bond donors (Lipinski definition) is 0. The molecule has 1 unspecified atom stereocenters. The molecule has 0 spiro atoms. The van der Waals surface area contributed by atoms with E-state index < -0.39 is 29.9 Å². The molecule has 16 heavy (non-hydrogen) atoms. The molecule has 98 valence electrons. The molecule has 0 saturated carbocycles. The fourth-order valence-electron chi connectivity index (χ4n) is 0.702. The Labute approximate surface area is 107 Å². The molecule has 0 aliphatic rings. The van der Waals surface area contributed by atoms with Crippen LogP contribution in [0.3, 0.4) is 0 Å². The predicted molar refractivity (Wildman–Crippen MR) is 55.0 cm³/mol. The maximum atomic E-state index is 12.1. The molecule has 1 nitrogen and oxygen atoms in total. The molecule has 1 atom stereocenters. The number of halogens is 8. The van der Waals surface area contributed by atoms with E-state index in [0.29, 0.717) is 0 Å². The van der Waals surface area contributed by atoms with Gasteiger partial charge < -0.3 is 4.74 Å². The first-order chi connectivity index (χ1) is 6.96. The fraction of sp³-hybridized carbons (Fsp3) is 1.00. The van der Waals surface area contributed by atoms with Crippen molar-refractivity contribution in [2.75, 3.05) is 10.3 Å². The number of ether oxygens (including phenoxy) is 1. The van der Waals surface area contributed by atoms with E-state index in [2.05, 4.69) is 4.74 Å². The van der Waals surface area contributed by atoms with E-state index in [1.165, 1.54) is 0 Å². The molecule has 9 heteroatoms. The van der Waals surface area contributed by atoms with E-state index in [-0.39, 0.29) is 4.43 Å². The molecule has 0 radical (unpaired) electrons. The SMILES string of the molecule is CC(CCl)(CI)OC(C(F)(F)F)C(F)(F)F. The minimum absolute atomic E-state index is 0.0864. The molecule has 0 aromatic carbocycles. The summed E-state index contributed by atoms with van der Waals surface area (Å²) < 4.78 is 76.8. The highest BCUT2D eigenvalue weighted by molar-refractivity contribution is 14.1. The fourth-order valence-corrected chi connectivity index (χ4v) is 1.63.